The summed E-state index contributed by atoms with van der Waals surface area (Å²) < 4.78 is 11.9. The van der Waals surface area contributed by atoms with E-state index in [1.807, 2.05) is 12.3 Å². The van der Waals surface area contributed by atoms with Gasteiger partial charge in [0.2, 0.25) is 0 Å². The number of ether oxygens (including phenoxy) is 2. The van der Waals surface area contributed by atoms with Gasteiger partial charge in [-0.25, -0.2) is 0 Å². The number of likely N-dealkylation sites (tertiary alicyclic amines) is 1. The van der Waals surface area contributed by atoms with Crippen LogP contribution in [0.3, 0.4) is 0 Å². The third kappa shape index (κ3) is 2.55. The van der Waals surface area contributed by atoms with Crippen LogP contribution in [0.4, 0.5) is 0 Å². The van der Waals surface area contributed by atoms with Gasteiger partial charge in [-0.1, -0.05) is 6.07 Å². The molecule has 2 aliphatic rings. The molecule has 18 heavy (non-hydrogen) atoms. The highest BCUT2D eigenvalue weighted by Crippen LogP contribution is 2.34. The Morgan fingerprint density at radius 3 is 3.17 bits per heavy atom. The second-order valence-corrected chi connectivity index (χ2v) is 5.49. The number of hydrogen-bond acceptors (Lipinski definition) is 4. The molecule has 1 atom stereocenters. The number of aromatic nitrogens is 1. The molecule has 0 aromatic carbocycles. The monoisotopic (exact) mass is 248 g/mol. The topological polar surface area (TPSA) is 34.6 Å². The first kappa shape index (κ1) is 12.1. The number of likely N-dealkylation sites (N-methyl/N-ethyl adjacent to an activating group) is 1. The number of nitrogens with zero attached hydrogens (tertiary/aromatic N) is 2. The van der Waals surface area contributed by atoms with Crippen molar-refractivity contribution in [1.29, 1.82) is 0 Å². The fourth-order valence-electron chi connectivity index (χ4n) is 2.98. The van der Waals surface area contributed by atoms with Crippen molar-refractivity contribution >= 4 is 0 Å². The van der Waals surface area contributed by atoms with E-state index in [1.54, 1.807) is 6.20 Å². The second-order valence-electron chi connectivity index (χ2n) is 5.49. The third-order valence-corrected chi connectivity index (χ3v) is 3.77. The minimum atomic E-state index is 0.0760. The summed E-state index contributed by atoms with van der Waals surface area (Å²) in [4.78, 5) is 6.40. The minimum Gasteiger partial charge on any atom is -0.373 e. The van der Waals surface area contributed by atoms with E-state index < -0.39 is 0 Å². The van der Waals surface area contributed by atoms with Crippen LogP contribution in [0.5, 0.6) is 0 Å². The van der Waals surface area contributed by atoms with Gasteiger partial charge in [0.15, 0.2) is 0 Å². The van der Waals surface area contributed by atoms with Crippen LogP contribution in [0.15, 0.2) is 24.5 Å². The molecule has 1 unspecified atom stereocenters. The van der Waals surface area contributed by atoms with Crippen LogP contribution in [0.1, 0.15) is 18.4 Å². The molecule has 2 saturated heterocycles. The summed E-state index contributed by atoms with van der Waals surface area (Å²) in [5.41, 5.74) is 1.22. The first-order valence-electron chi connectivity index (χ1n) is 6.59. The van der Waals surface area contributed by atoms with E-state index in [0.29, 0.717) is 12.7 Å². The van der Waals surface area contributed by atoms with Gasteiger partial charge in [-0.2, -0.15) is 0 Å². The van der Waals surface area contributed by atoms with Crippen molar-refractivity contribution in [3.63, 3.8) is 0 Å². The van der Waals surface area contributed by atoms with E-state index in [4.69, 9.17) is 9.47 Å². The highest BCUT2D eigenvalue weighted by Gasteiger charge is 2.46. The highest BCUT2D eigenvalue weighted by molar-refractivity contribution is 5.07. The van der Waals surface area contributed by atoms with Crippen LogP contribution in [0, 0.1) is 0 Å². The van der Waals surface area contributed by atoms with E-state index in [1.165, 1.54) is 0 Å². The van der Waals surface area contributed by atoms with Crippen molar-refractivity contribution in [3.05, 3.63) is 30.1 Å². The molecule has 0 saturated carbocycles. The Morgan fingerprint density at radius 2 is 2.44 bits per heavy atom. The SMILES string of the molecule is CN1CC2(CC(OCc3cccnc3)CCO2)C1. The molecule has 98 valence electrons. The molecule has 0 radical (unpaired) electrons. The molecule has 3 rings (SSSR count). The van der Waals surface area contributed by atoms with Gasteiger partial charge < -0.3 is 14.4 Å². The van der Waals surface area contributed by atoms with Crippen LogP contribution < -0.4 is 0 Å². The molecular formula is C14H20N2O2. The molecule has 0 N–H and O–H groups in total. The van der Waals surface area contributed by atoms with Crippen molar-refractivity contribution in [2.75, 3.05) is 26.7 Å². The van der Waals surface area contributed by atoms with E-state index >= 15 is 0 Å². The predicted octanol–water partition coefficient (Wildman–Crippen LogP) is 1.46. The molecule has 0 amide bonds. The van der Waals surface area contributed by atoms with E-state index in [9.17, 15) is 0 Å². The molecule has 0 bridgehead atoms. The van der Waals surface area contributed by atoms with Crippen LogP contribution in [-0.4, -0.2) is 48.3 Å². The van der Waals surface area contributed by atoms with Crippen molar-refractivity contribution in [2.24, 2.45) is 0 Å². The third-order valence-electron chi connectivity index (χ3n) is 3.77. The Bertz CT molecular complexity index is 385. The van der Waals surface area contributed by atoms with Gasteiger partial charge in [0, 0.05) is 38.5 Å². The summed E-state index contributed by atoms with van der Waals surface area (Å²) in [6.45, 7) is 3.56. The summed E-state index contributed by atoms with van der Waals surface area (Å²) in [6.07, 6.45) is 6.01. The summed E-state index contributed by atoms with van der Waals surface area (Å²) in [7, 11) is 2.13. The van der Waals surface area contributed by atoms with Gasteiger partial charge in [0.1, 0.15) is 0 Å². The Kier molecular flexibility index (Phi) is 3.33. The van der Waals surface area contributed by atoms with Crippen LogP contribution in [-0.2, 0) is 16.1 Å². The quantitative estimate of drug-likeness (QED) is 0.811. The Hall–Kier alpha value is -0.970. The standard InChI is InChI=1S/C14H20N2O2/c1-16-10-14(11-16)7-13(4-6-18-14)17-9-12-3-2-5-15-8-12/h2-3,5,8,13H,4,6-7,9-11H2,1H3. The summed E-state index contributed by atoms with van der Waals surface area (Å²) in [5.74, 6) is 0. The molecule has 1 spiro atoms. The molecule has 2 aliphatic heterocycles. The molecule has 4 nitrogen and oxygen atoms in total. The molecular weight excluding hydrogens is 228 g/mol. The van der Waals surface area contributed by atoms with Gasteiger partial charge in [-0.05, 0) is 25.1 Å². The molecule has 3 heterocycles. The molecule has 4 heteroatoms. The van der Waals surface area contributed by atoms with E-state index in [0.717, 1.165) is 38.1 Å². The lowest BCUT2D eigenvalue weighted by atomic mass is 9.85. The minimum absolute atomic E-state index is 0.0760. The first-order chi connectivity index (χ1) is 8.76. The average Bonchev–Trinajstić information content (AvgIpc) is 2.37. The zero-order valence-electron chi connectivity index (χ0n) is 10.8. The number of hydrogen-bond donors (Lipinski definition) is 0. The van der Waals surface area contributed by atoms with Gasteiger partial charge in [-0.3, -0.25) is 4.98 Å². The Morgan fingerprint density at radius 1 is 1.56 bits per heavy atom. The van der Waals surface area contributed by atoms with E-state index in [2.05, 4.69) is 23.0 Å². The van der Waals surface area contributed by atoms with Gasteiger partial charge >= 0.3 is 0 Å². The zero-order valence-corrected chi connectivity index (χ0v) is 10.8. The van der Waals surface area contributed by atoms with Crippen molar-refractivity contribution in [1.82, 2.24) is 9.88 Å². The highest BCUT2D eigenvalue weighted by atomic mass is 16.5. The smallest absolute Gasteiger partial charge is 0.0959 e. The number of rotatable bonds is 3. The maximum absolute atomic E-state index is 6.00. The van der Waals surface area contributed by atoms with Gasteiger partial charge in [0.05, 0.1) is 18.3 Å². The zero-order chi connectivity index (χ0) is 12.4. The normalized spacial score (nSPS) is 27.1. The van der Waals surface area contributed by atoms with Crippen molar-refractivity contribution in [2.45, 2.75) is 31.2 Å². The molecule has 1 aromatic rings. The Labute approximate surface area is 108 Å². The second kappa shape index (κ2) is 4.96. The summed E-state index contributed by atoms with van der Waals surface area (Å²) >= 11 is 0. The maximum atomic E-state index is 6.00. The van der Waals surface area contributed by atoms with E-state index in [-0.39, 0.29) is 5.60 Å². The molecule has 2 fully saturated rings. The van der Waals surface area contributed by atoms with Crippen molar-refractivity contribution < 1.29 is 9.47 Å². The molecule has 1 aromatic heterocycles. The maximum Gasteiger partial charge on any atom is 0.0959 e. The first-order valence-corrected chi connectivity index (χ1v) is 6.59. The lowest BCUT2D eigenvalue weighted by Gasteiger charge is -2.51. The average molecular weight is 248 g/mol. The van der Waals surface area contributed by atoms with Gasteiger partial charge in [-0.15, -0.1) is 0 Å². The van der Waals surface area contributed by atoms with Crippen LogP contribution in [0.25, 0.3) is 0 Å². The molecule has 0 aliphatic carbocycles. The van der Waals surface area contributed by atoms with Crippen LogP contribution >= 0.6 is 0 Å². The summed E-state index contributed by atoms with van der Waals surface area (Å²) in [6, 6.07) is 4.00. The Balaban J connectivity index is 1.51. The lowest BCUT2D eigenvalue weighted by Crippen LogP contribution is -2.64. The summed E-state index contributed by atoms with van der Waals surface area (Å²) in [5, 5.41) is 0. The van der Waals surface area contributed by atoms with Crippen LogP contribution in [0.2, 0.25) is 0 Å². The fraction of sp³-hybridized carbons (Fsp3) is 0.643. The number of pyridine rings is 1. The van der Waals surface area contributed by atoms with Crippen molar-refractivity contribution in [3.8, 4) is 0 Å². The lowest BCUT2D eigenvalue weighted by molar-refractivity contribution is -0.193. The predicted molar refractivity (Wildman–Crippen MR) is 68.2 cm³/mol. The largest absolute Gasteiger partial charge is 0.373 e. The van der Waals surface area contributed by atoms with Gasteiger partial charge in [0.25, 0.3) is 0 Å². The fourth-order valence-corrected chi connectivity index (χ4v) is 2.98.